The first kappa shape index (κ1) is 23.2. The summed E-state index contributed by atoms with van der Waals surface area (Å²) in [6, 6.07) is 15.9. The molecule has 2 amide bonds. The van der Waals surface area contributed by atoms with Crippen molar-refractivity contribution < 1.29 is 23.5 Å². The molecule has 0 unspecified atom stereocenters. The Bertz CT molecular complexity index is 1280. The Kier molecular flexibility index (Phi) is 6.93. The summed E-state index contributed by atoms with van der Waals surface area (Å²) in [6.07, 6.45) is 1.59. The third-order valence-electron chi connectivity index (χ3n) is 4.78. The first-order valence-corrected chi connectivity index (χ1v) is 11.2. The summed E-state index contributed by atoms with van der Waals surface area (Å²) in [5.41, 5.74) is 1.38. The van der Waals surface area contributed by atoms with Gasteiger partial charge in [0, 0.05) is 5.56 Å². The summed E-state index contributed by atoms with van der Waals surface area (Å²) in [5, 5.41) is 0.127. The molecule has 1 saturated heterocycles. The molecule has 0 saturated carbocycles. The molecule has 0 aromatic heterocycles. The van der Waals surface area contributed by atoms with Gasteiger partial charge in [-0.2, -0.15) is 0 Å². The number of carbonyl (C=O) groups is 2. The molecule has 1 aliphatic rings. The number of hydrogen-bond donors (Lipinski definition) is 0. The molecule has 5 nitrogen and oxygen atoms in total. The van der Waals surface area contributed by atoms with Gasteiger partial charge in [-0.25, -0.2) is 9.29 Å². The Hall–Kier alpha value is -3.00. The molecule has 0 atom stereocenters. The molecule has 0 aliphatic carbocycles. The maximum absolute atomic E-state index is 13.8. The standard InChI is InChI=1S/C24H16Cl2FNO4S/c1-31-21-10-14(6-9-20(21)32-13-15-4-2-3-5-19(15)27)11-22-23(29)28(24(30)33-22)16-7-8-17(25)18(26)12-16/h2-12H,13H2,1H3/b22-11+. The molecule has 1 fully saturated rings. The van der Waals surface area contributed by atoms with E-state index in [1.54, 1.807) is 48.5 Å². The van der Waals surface area contributed by atoms with Crippen LogP contribution in [0.4, 0.5) is 14.9 Å². The third kappa shape index (κ3) is 5.00. The van der Waals surface area contributed by atoms with Gasteiger partial charge in [0.25, 0.3) is 11.1 Å². The molecule has 0 bridgehead atoms. The molecule has 0 radical (unpaired) electrons. The Morgan fingerprint density at radius 3 is 2.52 bits per heavy atom. The number of hydrogen-bond acceptors (Lipinski definition) is 5. The van der Waals surface area contributed by atoms with Crippen LogP contribution in [0.1, 0.15) is 11.1 Å². The highest BCUT2D eigenvalue weighted by Crippen LogP contribution is 2.38. The summed E-state index contributed by atoms with van der Waals surface area (Å²) in [7, 11) is 1.48. The maximum Gasteiger partial charge on any atom is 0.298 e. The molecule has 1 heterocycles. The van der Waals surface area contributed by atoms with Crippen LogP contribution in [0.5, 0.6) is 11.5 Å². The van der Waals surface area contributed by atoms with E-state index < -0.39 is 11.1 Å². The van der Waals surface area contributed by atoms with E-state index in [-0.39, 0.29) is 22.4 Å². The van der Waals surface area contributed by atoms with Gasteiger partial charge in [0.05, 0.1) is 27.7 Å². The SMILES string of the molecule is COc1cc(/C=C2/SC(=O)N(c3ccc(Cl)c(Cl)c3)C2=O)ccc1OCc1ccccc1F. The highest BCUT2D eigenvalue weighted by atomic mass is 35.5. The molecule has 1 aliphatic heterocycles. The van der Waals surface area contributed by atoms with Crippen LogP contribution in [0.2, 0.25) is 10.0 Å². The van der Waals surface area contributed by atoms with Crippen molar-refractivity contribution in [1.29, 1.82) is 0 Å². The molecule has 3 aromatic rings. The predicted molar refractivity (Wildman–Crippen MR) is 129 cm³/mol. The number of ether oxygens (including phenoxy) is 2. The van der Waals surface area contributed by atoms with Gasteiger partial charge in [-0.15, -0.1) is 0 Å². The van der Waals surface area contributed by atoms with Gasteiger partial charge < -0.3 is 9.47 Å². The summed E-state index contributed by atoms with van der Waals surface area (Å²) in [5.74, 6) is -0.00126. The summed E-state index contributed by atoms with van der Waals surface area (Å²) >= 11 is 12.8. The minimum absolute atomic E-state index is 0.0327. The van der Waals surface area contributed by atoms with Gasteiger partial charge in [0.15, 0.2) is 11.5 Å². The highest BCUT2D eigenvalue weighted by molar-refractivity contribution is 8.19. The number of rotatable bonds is 6. The van der Waals surface area contributed by atoms with Gasteiger partial charge in [-0.05, 0) is 59.8 Å². The molecule has 3 aromatic carbocycles. The fraction of sp³-hybridized carbons (Fsp3) is 0.0833. The van der Waals surface area contributed by atoms with Crippen molar-refractivity contribution in [3.8, 4) is 11.5 Å². The second-order valence-corrected chi connectivity index (χ2v) is 8.71. The molecule has 33 heavy (non-hydrogen) atoms. The van der Waals surface area contributed by atoms with E-state index in [2.05, 4.69) is 0 Å². The monoisotopic (exact) mass is 503 g/mol. The van der Waals surface area contributed by atoms with Crippen molar-refractivity contribution >= 4 is 57.9 Å². The Morgan fingerprint density at radius 2 is 1.79 bits per heavy atom. The minimum atomic E-state index is -0.470. The second-order valence-electron chi connectivity index (χ2n) is 6.91. The second kappa shape index (κ2) is 9.87. The zero-order valence-corrected chi connectivity index (χ0v) is 19.5. The van der Waals surface area contributed by atoms with Gasteiger partial charge in [-0.1, -0.05) is 47.5 Å². The lowest BCUT2D eigenvalue weighted by Crippen LogP contribution is -2.27. The van der Waals surface area contributed by atoms with Crippen LogP contribution in [-0.2, 0) is 11.4 Å². The average Bonchev–Trinajstić information content (AvgIpc) is 3.08. The molecule has 4 rings (SSSR count). The number of anilines is 1. The van der Waals surface area contributed by atoms with Gasteiger partial charge in [0.1, 0.15) is 12.4 Å². The average molecular weight is 504 g/mol. The van der Waals surface area contributed by atoms with Crippen LogP contribution in [0.3, 0.4) is 0 Å². The van der Waals surface area contributed by atoms with Crippen molar-refractivity contribution in [1.82, 2.24) is 0 Å². The van der Waals surface area contributed by atoms with Crippen LogP contribution in [0.15, 0.2) is 65.6 Å². The molecular formula is C24H16Cl2FNO4S. The summed E-state index contributed by atoms with van der Waals surface area (Å²) < 4.78 is 24.9. The van der Waals surface area contributed by atoms with Gasteiger partial charge in [0.2, 0.25) is 0 Å². The van der Waals surface area contributed by atoms with Crippen LogP contribution in [-0.4, -0.2) is 18.3 Å². The van der Waals surface area contributed by atoms with Crippen molar-refractivity contribution in [2.45, 2.75) is 6.61 Å². The predicted octanol–water partition coefficient (Wildman–Crippen LogP) is 6.96. The number of amides is 2. The van der Waals surface area contributed by atoms with Crippen molar-refractivity contribution in [3.05, 3.63) is 92.6 Å². The van der Waals surface area contributed by atoms with Crippen LogP contribution < -0.4 is 14.4 Å². The van der Waals surface area contributed by atoms with Crippen molar-refractivity contribution in [2.24, 2.45) is 0 Å². The largest absolute Gasteiger partial charge is 0.493 e. The third-order valence-corrected chi connectivity index (χ3v) is 6.39. The number of methoxy groups -OCH3 is 1. The number of nitrogens with zero attached hydrogens (tertiary/aromatic N) is 1. The Labute approximate surface area is 203 Å². The van der Waals surface area contributed by atoms with Crippen LogP contribution in [0, 0.1) is 5.82 Å². The number of halogens is 3. The smallest absolute Gasteiger partial charge is 0.298 e. The Morgan fingerprint density at radius 1 is 1.00 bits per heavy atom. The molecule has 168 valence electrons. The number of carbonyl (C=O) groups excluding carboxylic acids is 2. The maximum atomic E-state index is 13.8. The molecule has 0 N–H and O–H groups in total. The van der Waals surface area contributed by atoms with E-state index >= 15 is 0 Å². The van der Waals surface area contributed by atoms with Crippen LogP contribution in [0.25, 0.3) is 6.08 Å². The zero-order valence-electron chi connectivity index (χ0n) is 17.2. The number of imide groups is 1. The van der Waals surface area contributed by atoms with Crippen molar-refractivity contribution in [2.75, 3.05) is 12.0 Å². The Balaban J connectivity index is 1.55. The van der Waals surface area contributed by atoms with Crippen LogP contribution >= 0.6 is 35.0 Å². The van der Waals surface area contributed by atoms with E-state index in [0.29, 0.717) is 33.3 Å². The highest BCUT2D eigenvalue weighted by Gasteiger charge is 2.36. The lowest BCUT2D eigenvalue weighted by Gasteiger charge is -2.13. The van der Waals surface area contributed by atoms with E-state index in [4.69, 9.17) is 32.7 Å². The fourth-order valence-electron chi connectivity index (χ4n) is 3.13. The molecular weight excluding hydrogens is 488 g/mol. The van der Waals surface area contributed by atoms with E-state index in [1.165, 1.54) is 25.3 Å². The summed E-state index contributed by atoms with van der Waals surface area (Å²) in [6.45, 7) is 0.0327. The first-order valence-electron chi connectivity index (χ1n) is 9.64. The zero-order chi connectivity index (χ0) is 23.5. The van der Waals surface area contributed by atoms with Gasteiger partial charge >= 0.3 is 0 Å². The van der Waals surface area contributed by atoms with E-state index in [1.807, 2.05) is 0 Å². The normalized spacial score (nSPS) is 14.8. The van der Waals surface area contributed by atoms with E-state index in [0.717, 1.165) is 16.7 Å². The fourth-order valence-corrected chi connectivity index (χ4v) is 4.26. The summed E-state index contributed by atoms with van der Waals surface area (Å²) in [4.78, 5) is 26.6. The number of thioether (sulfide) groups is 1. The first-order chi connectivity index (χ1) is 15.9. The van der Waals surface area contributed by atoms with E-state index in [9.17, 15) is 14.0 Å². The lowest BCUT2D eigenvalue weighted by atomic mass is 10.1. The molecule has 0 spiro atoms. The van der Waals surface area contributed by atoms with Crippen molar-refractivity contribution in [3.63, 3.8) is 0 Å². The quantitative estimate of drug-likeness (QED) is 0.340. The lowest BCUT2D eigenvalue weighted by molar-refractivity contribution is -0.113. The molecule has 9 heteroatoms. The van der Waals surface area contributed by atoms with Gasteiger partial charge in [-0.3, -0.25) is 9.59 Å². The minimum Gasteiger partial charge on any atom is -0.493 e. The topological polar surface area (TPSA) is 55.8 Å². The number of benzene rings is 3.